The summed E-state index contributed by atoms with van der Waals surface area (Å²) in [7, 11) is 1.69. The Hall–Kier alpha value is -0.950. The highest BCUT2D eigenvalue weighted by Gasteiger charge is 2.07. The Labute approximate surface area is 142 Å². The van der Waals surface area contributed by atoms with E-state index in [4.69, 9.17) is 9.47 Å². The number of carbonyl (C=O) groups is 1. The molecular formula is C17H37N3O3. The zero-order valence-corrected chi connectivity index (χ0v) is 16.1. The van der Waals surface area contributed by atoms with E-state index in [0.717, 1.165) is 19.8 Å². The normalized spacial score (nSPS) is 10.9. The predicted octanol–water partition coefficient (Wildman–Crippen LogP) is 2.27. The van der Waals surface area contributed by atoms with Gasteiger partial charge >= 0.3 is 5.97 Å². The van der Waals surface area contributed by atoms with Crippen LogP contribution in [-0.2, 0) is 14.3 Å². The van der Waals surface area contributed by atoms with Gasteiger partial charge in [0, 0.05) is 25.3 Å². The lowest BCUT2D eigenvalue weighted by atomic mass is 10.3. The second kappa shape index (κ2) is 15.9. The van der Waals surface area contributed by atoms with Crippen molar-refractivity contribution < 1.29 is 14.3 Å². The monoisotopic (exact) mass is 331 g/mol. The molecule has 0 unspecified atom stereocenters. The second-order valence-corrected chi connectivity index (χ2v) is 5.64. The van der Waals surface area contributed by atoms with Crippen molar-refractivity contribution in [1.29, 1.82) is 0 Å². The highest BCUT2D eigenvalue weighted by molar-refractivity contribution is 5.81. The number of nitrogens with one attached hydrogen (secondary N) is 1. The first kappa shape index (κ1) is 24.3. The minimum Gasteiger partial charge on any atom is -0.446 e. The molecule has 0 rings (SSSR count). The van der Waals surface area contributed by atoms with Crippen molar-refractivity contribution in [3.05, 3.63) is 12.7 Å². The average Bonchev–Trinajstić information content (AvgIpc) is 2.51. The summed E-state index contributed by atoms with van der Waals surface area (Å²) in [4.78, 5) is 15.1. The van der Waals surface area contributed by atoms with Crippen LogP contribution >= 0.6 is 0 Å². The zero-order chi connectivity index (χ0) is 18.3. The van der Waals surface area contributed by atoms with Crippen LogP contribution in [-0.4, -0.2) is 68.2 Å². The van der Waals surface area contributed by atoms with E-state index in [0.29, 0.717) is 25.5 Å². The smallest absolute Gasteiger partial charge is 0.331 e. The zero-order valence-electron chi connectivity index (χ0n) is 16.1. The fourth-order valence-corrected chi connectivity index (χ4v) is 1.76. The van der Waals surface area contributed by atoms with Crippen LogP contribution in [0.2, 0.25) is 0 Å². The van der Waals surface area contributed by atoms with E-state index in [1.807, 2.05) is 11.8 Å². The third-order valence-corrected chi connectivity index (χ3v) is 3.37. The molecule has 0 heterocycles. The van der Waals surface area contributed by atoms with Gasteiger partial charge in [0.1, 0.15) is 6.73 Å². The minimum atomic E-state index is -0.367. The van der Waals surface area contributed by atoms with Crippen molar-refractivity contribution in [3.63, 3.8) is 0 Å². The quantitative estimate of drug-likeness (QED) is 0.271. The van der Waals surface area contributed by atoms with Gasteiger partial charge in [0.25, 0.3) is 0 Å². The molecule has 0 aliphatic carbocycles. The number of carbonyl (C=O) groups excluding carboxylic acids is 1. The molecule has 0 radical (unpaired) electrons. The SMILES string of the molecule is C=CC(=O)OCN(CC)C(C)C.CCN(CNCOC)C(C)C. The third kappa shape index (κ3) is 14.4. The lowest BCUT2D eigenvalue weighted by Crippen LogP contribution is -2.39. The Balaban J connectivity index is 0. The van der Waals surface area contributed by atoms with Crippen LogP contribution in [0.15, 0.2) is 12.7 Å². The first-order valence-electron chi connectivity index (χ1n) is 8.30. The van der Waals surface area contributed by atoms with Crippen LogP contribution in [0.25, 0.3) is 0 Å². The number of nitrogens with zero attached hydrogens (tertiary/aromatic N) is 2. The molecule has 0 atom stereocenters. The lowest BCUT2D eigenvalue weighted by molar-refractivity contribution is -0.143. The van der Waals surface area contributed by atoms with Gasteiger partial charge < -0.3 is 9.47 Å². The van der Waals surface area contributed by atoms with E-state index in [2.05, 4.69) is 51.4 Å². The molecule has 23 heavy (non-hydrogen) atoms. The van der Waals surface area contributed by atoms with Crippen molar-refractivity contribution >= 4 is 5.97 Å². The van der Waals surface area contributed by atoms with Gasteiger partial charge in [-0.2, -0.15) is 0 Å². The standard InChI is InChI=1S/C9H17NO2.C8H20N2O/c1-5-9(11)12-7-10(6-2)8(3)4;1-5-10(8(2)3)6-9-7-11-4/h5,8H,1,6-7H2,2-4H3;8-9H,5-7H2,1-4H3. The summed E-state index contributed by atoms with van der Waals surface area (Å²) >= 11 is 0. The molecule has 138 valence electrons. The van der Waals surface area contributed by atoms with Gasteiger partial charge in [0.2, 0.25) is 0 Å². The van der Waals surface area contributed by atoms with Gasteiger partial charge in [0.15, 0.2) is 0 Å². The Morgan fingerprint density at radius 1 is 1.13 bits per heavy atom. The summed E-state index contributed by atoms with van der Waals surface area (Å²) in [6, 6.07) is 0.997. The molecule has 0 aliphatic heterocycles. The van der Waals surface area contributed by atoms with Crippen LogP contribution in [0, 0.1) is 0 Å². The van der Waals surface area contributed by atoms with Gasteiger partial charge in [-0.15, -0.1) is 0 Å². The molecule has 0 saturated heterocycles. The summed E-state index contributed by atoms with van der Waals surface area (Å²) in [5, 5.41) is 3.17. The first-order valence-corrected chi connectivity index (χ1v) is 8.30. The van der Waals surface area contributed by atoms with Crippen molar-refractivity contribution in [2.45, 2.75) is 53.6 Å². The molecule has 0 aromatic rings. The Bertz CT molecular complexity index is 297. The molecule has 0 spiro atoms. The first-order chi connectivity index (χ1) is 10.8. The molecule has 0 aliphatic rings. The number of esters is 1. The van der Waals surface area contributed by atoms with Gasteiger partial charge in [-0.05, 0) is 40.8 Å². The van der Waals surface area contributed by atoms with E-state index in [9.17, 15) is 4.79 Å². The van der Waals surface area contributed by atoms with Crippen LogP contribution in [0.5, 0.6) is 0 Å². The van der Waals surface area contributed by atoms with Crippen molar-refractivity contribution in [2.75, 3.05) is 40.3 Å². The average molecular weight is 332 g/mol. The van der Waals surface area contributed by atoms with Crippen molar-refractivity contribution in [1.82, 2.24) is 15.1 Å². The largest absolute Gasteiger partial charge is 0.446 e. The van der Waals surface area contributed by atoms with Gasteiger partial charge in [0.05, 0.1) is 13.4 Å². The molecule has 0 saturated carbocycles. The number of hydrogen-bond donors (Lipinski definition) is 1. The fraction of sp³-hybridized carbons (Fsp3) is 0.824. The summed E-state index contributed by atoms with van der Waals surface area (Å²) in [6.07, 6.45) is 1.17. The van der Waals surface area contributed by atoms with Crippen LogP contribution in [0.3, 0.4) is 0 Å². The molecule has 0 bridgehead atoms. The highest BCUT2D eigenvalue weighted by atomic mass is 16.5. The Morgan fingerprint density at radius 3 is 2.00 bits per heavy atom. The van der Waals surface area contributed by atoms with Gasteiger partial charge in [-0.25, -0.2) is 4.79 Å². The van der Waals surface area contributed by atoms with E-state index < -0.39 is 0 Å². The van der Waals surface area contributed by atoms with Gasteiger partial charge in [-0.1, -0.05) is 20.4 Å². The van der Waals surface area contributed by atoms with Crippen LogP contribution < -0.4 is 5.32 Å². The van der Waals surface area contributed by atoms with Crippen LogP contribution in [0.4, 0.5) is 0 Å². The molecule has 6 nitrogen and oxygen atoms in total. The van der Waals surface area contributed by atoms with E-state index >= 15 is 0 Å². The summed E-state index contributed by atoms with van der Waals surface area (Å²) in [5.41, 5.74) is 0. The lowest BCUT2D eigenvalue weighted by Gasteiger charge is -2.24. The summed E-state index contributed by atoms with van der Waals surface area (Å²) < 4.78 is 9.75. The van der Waals surface area contributed by atoms with Crippen molar-refractivity contribution in [2.24, 2.45) is 0 Å². The fourth-order valence-electron chi connectivity index (χ4n) is 1.76. The highest BCUT2D eigenvalue weighted by Crippen LogP contribution is 1.97. The maximum atomic E-state index is 10.7. The minimum absolute atomic E-state index is 0.346. The van der Waals surface area contributed by atoms with Crippen molar-refractivity contribution in [3.8, 4) is 0 Å². The number of methoxy groups -OCH3 is 1. The number of hydrogen-bond acceptors (Lipinski definition) is 6. The Morgan fingerprint density at radius 2 is 1.65 bits per heavy atom. The maximum Gasteiger partial charge on any atom is 0.331 e. The number of rotatable bonds is 11. The molecule has 0 aromatic heterocycles. The van der Waals surface area contributed by atoms with E-state index in [1.54, 1.807) is 7.11 Å². The molecule has 0 fully saturated rings. The molecule has 6 heteroatoms. The molecular weight excluding hydrogens is 294 g/mol. The van der Waals surface area contributed by atoms with Gasteiger partial charge in [-0.3, -0.25) is 15.1 Å². The molecule has 1 N–H and O–H groups in total. The summed E-state index contributed by atoms with van der Waals surface area (Å²) in [6.45, 7) is 19.8. The Kier molecular flexibility index (Phi) is 16.8. The molecule has 0 amide bonds. The van der Waals surface area contributed by atoms with Crippen LogP contribution in [0.1, 0.15) is 41.5 Å². The molecule has 0 aromatic carbocycles. The third-order valence-electron chi connectivity index (χ3n) is 3.37. The topological polar surface area (TPSA) is 54.0 Å². The number of ether oxygens (including phenoxy) is 2. The maximum absolute atomic E-state index is 10.7. The second-order valence-electron chi connectivity index (χ2n) is 5.64. The van der Waals surface area contributed by atoms with E-state index in [1.165, 1.54) is 6.08 Å². The summed E-state index contributed by atoms with van der Waals surface area (Å²) in [5.74, 6) is -0.367. The predicted molar refractivity (Wildman–Crippen MR) is 96.1 cm³/mol. The van der Waals surface area contributed by atoms with E-state index in [-0.39, 0.29) is 5.97 Å².